The molecule has 136 valence electrons. The van der Waals surface area contributed by atoms with Crippen LogP contribution in [0, 0.1) is 13.8 Å². The number of hydrogen-bond acceptors (Lipinski definition) is 3. The summed E-state index contributed by atoms with van der Waals surface area (Å²) in [6, 6.07) is 9.57. The van der Waals surface area contributed by atoms with Crippen molar-refractivity contribution in [1.82, 2.24) is 19.7 Å². The van der Waals surface area contributed by atoms with Crippen molar-refractivity contribution in [3.8, 4) is 22.5 Å². The summed E-state index contributed by atoms with van der Waals surface area (Å²) in [6.45, 7) is 4.04. The SMILES string of the molecule is Cc1cnc(C)c(-c2cccc(-c3ccn(CCCC(F)(F)F)n3)c2)n1. The van der Waals surface area contributed by atoms with Crippen LogP contribution in [-0.2, 0) is 6.54 Å². The Hall–Kier alpha value is -2.70. The molecule has 2 aromatic heterocycles. The van der Waals surface area contributed by atoms with E-state index in [2.05, 4.69) is 15.1 Å². The molecule has 2 heterocycles. The number of rotatable bonds is 5. The molecule has 3 aromatic rings. The van der Waals surface area contributed by atoms with Gasteiger partial charge in [0.05, 0.1) is 22.8 Å². The Morgan fingerprint density at radius 1 is 1.08 bits per heavy atom. The van der Waals surface area contributed by atoms with Crippen molar-refractivity contribution in [2.24, 2.45) is 0 Å². The Bertz CT molecular complexity index is 900. The molecule has 0 N–H and O–H groups in total. The first-order valence-corrected chi connectivity index (χ1v) is 8.33. The third-order valence-electron chi connectivity index (χ3n) is 4.00. The summed E-state index contributed by atoms with van der Waals surface area (Å²) >= 11 is 0. The normalized spacial score (nSPS) is 11.7. The topological polar surface area (TPSA) is 43.6 Å². The molecular weight excluding hydrogens is 341 g/mol. The molecule has 4 nitrogen and oxygen atoms in total. The first kappa shape index (κ1) is 18.1. The zero-order valence-electron chi connectivity index (χ0n) is 14.6. The van der Waals surface area contributed by atoms with E-state index in [1.807, 2.05) is 44.2 Å². The van der Waals surface area contributed by atoms with E-state index in [-0.39, 0.29) is 13.0 Å². The predicted molar refractivity (Wildman–Crippen MR) is 93.5 cm³/mol. The largest absolute Gasteiger partial charge is 0.389 e. The molecule has 0 aliphatic rings. The lowest BCUT2D eigenvalue weighted by atomic mass is 10.0. The van der Waals surface area contributed by atoms with Crippen molar-refractivity contribution in [2.45, 2.75) is 39.4 Å². The Morgan fingerprint density at radius 3 is 2.62 bits per heavy atom. The van der Waals surface area contributed by atoms with Crippen LogP contribution < -0.4 is 0 Å². The molecule has 26 heavy (non-hydrogen) atoms. The highest BCUT2D eigenvalue weighted by Crippen LogP contribution is 2.26. The number of aryl methyl sites for hydroxylation is 3. The van der Waals surface area contributed by atoms with Gasteiger partial charge in [-0.25, -0.2) is 4.98 Å². The van der Waals surface area contributed by atoms with E-state index in [1.54, 1.807) is 17.1 Å². The summed E-state index contributed by atoms with van der Waals surface area (Å²) in [5.41, 5.74) is 5.03. The van der Waals surface area contributed by atoms with Gasteiger partial charge in [0.2, 0.25) is 0 Å². The van der Waals surface area contributed by atoms with Gasteiger partial charge in [-0.3, -0.25) is 9.67 Å². The van der Waals surface area contributed by atoms with Gasteiger partial charge in [-0.1, -0.05) is 18.2 Å². The fourth-order valence-corrected chi connectivity index (χ4v) is 2.72. The Kier molecular flexibility index (Phi) is 5.06. The minimum Gasteiger partial charge on any atom is -0.272 e. The molecule has 0 saturated heterocycles. The molecular formula is C19H19F3N4. The molecule has 0 amide bonds. The van der Waals surface area contributed by atoms with Crippen LogP contribution in [0.15, 0.2) is 42.7 Å². The molecule has 0 atom stereocenters. The van der Waals surface area contributed by atoms with Crippen LogP contribution in [-0.4, -0.2) is 25.9 Å². The van der Waals surface area contributed by atoms with Crippen molar-refractivity contribution < 1.29 is 13.2 Å². The molecule has 0 spiro atoms. The van der Waals surface area contributed by atoms with Crippen LogP contribution in [0.2, 0.25) is 0 Å². The van der Waals surface area contributed by atoms with Crippen LogP contribution in [0.3, 0.4) is 0 Å². The van der Waals surface area contributed by atoms with Crippen molar-refractivity contribution in [2.75, 3.05) is 0 Å². The number of halogens is 3. The highest BCUT2D eigenvalue weighted by molar-refractivity contribution is 5.70. The molecule has 0 aliphatic heterocycles. The molecule has 0 bridgehead atoms. The third kappa shape index (κ3) is 4.47. The zero-order chi connectivity index (χ0) is 18.7. The van der Waals surface area contributed by atoms with E-state index in [4.69, 9.17) is 0 Å². The van der Waals surface area contributed by atoms with E-state index in [9.17, 15) is 13.2 Å². The average Bonchev–Trinajstić information content (AvgIpc) is 3.05. The second-order valence-corrected chi connectivity index (χ2v) is 6.21. The number of benzene rings is 1. The van der Waals surface area contributed by atoms with Crippen LogP contribution in [0.5, 0.6) is 0 Å². The number of nitrogens with zero attached hydrogens (tertiary/aromatic N) is 4. The Balaban J connectivity index is 1.80. The minimum atomic E-state index is -4.13. The van der Waals surface area contributed by atoms with Gasteiger partial charge in [0.25, 0.3) is 0 Å². The minimum absolute atomic E-state index is 0.0166. The maximum absolute atomic E-state index is 12.3. The molecule has 0 saturated carbocycles. The van der Waals surface area contributed by atoms with Gasteiger partial charge < -0.3 is 0 Å². The van der Waals surface area contributed by atoms with Crippen LogP contribution in [0.25, 0.3) is 22.5 Å². The van der Waals surface area contributed by atoms with Gasteiger partial charge in [0, 0.05) is 36.5 Å². The first-order chi connectivity index (χ1) is 12.3. The summed E-state index contributed by atoms with van der Waals surface area (Å²) in [4.78, 5) is 8.89. The van der Waals surface area contributed by atoms with E-state index in [0.717, 1.165) is 33.9 Å². The van der Waals surface area contributed by atoms with Gasteiger partial charge in [0.15, 0.2) is 0 Å². The maximum atomic E-state index is 12.3. The molecule has 3 rings (SSSR count). The van der Waals surface area contributed by atoms with Crippen molar-refractivity contribution in [1.29, 1.82) is 0 Å². The summed E-state index contributed by atoms with van der Waals surface area (Å²) in [7, 11) is 0. The van der Waals surface area contributed by atoms with Gasteiger partial charge in [0.1, 0.15) is 0 Å². The fraction of sp³-hybridized carbons (Fsp3) is 0.316. The van der Waals surface area contributed by atoms with E-state index < -0.39 is 12.6 Å². The lowest BCUT2D eigenvalue weighted by Crippen LogP contribution is -2.09. The Labute approximate surface area is 149 Å². The molecule has 0 unspecified atom stereocenters. The summed E-state index contributed by atoms with van der Waals surface area (Å²) in [6.07, 6.45) is -1.48. The average molecular weight is 360 g/mol. The van der Waals surface area contributed by atoms with E-state index >= 15 is 0 Å². The van der Waals surface area contributed by atoms with Crippen LogP contribution in [0.1, 0.15) is 24.2 Å². The van der Waals surface area contributed by atoms with Gasteiger partial charge in [-0.05, 0) is 32.4 Å². The third-order valence-corrected chi connectivity index (χ3v) is 4.00. The highest BCUT2D eigenvalue weighted by Gasteiger charge is 2.26. The van der Waals surface area contributed by atoms with Gasteiger partial charge >= 0.3 is 6.18 Å². The van der Waals surface area contributed by atoms with E-state index in [0.29, 0.717) is 0 Å². The lowest BCUT2D eigenvalue weighted by molar-refractivity contribution is -0.136. The van der Waals surface area contributed by atoms with Gasteiger partial charge in [-0.15, -0.1) is 0 Å². The zero-order valence-corrected chi connectivity index (χ0v) is 14.6. The Morgan fingerprint density at radius 2 is 1.85 bits per heavy atom. The van der Waals surface area contributed by atoms with Crippen LogP contribution in [0.4, 0.5) is 13.2 Å². The fourth-order valence-electron chi connectivity index (χ4n) is 2.72. The lowest BCUT2D eigenvalue weighted by Gasteiger charge is -2.07. The second-order valence-electron chi connectivity index (χ2n) is 6.21. The standard InChI is InChI=1S/C19H19F3N4/c1-13-12-23-14(2)18(24-13)16-6-3-5-15(11-16)17-7-10-26(25-17)9-4-8-19(20,21)22/h3,5-7,10-12H,4,8-9H2,1-2H3. The number of hydrogen-bond donors (Lipinski definition) is 0. The second kappa shape index (κ2) is 7.27. The number of alkyl halides is 3. The highest BCUT2D eigenvalue weighted by atomic mass is 19.4. The monoisotopic (exact) mass is 360 g/mol. The maximum Gasteiger partial charge on any atom is 0.389 e. The number of aromatic nitrogens is 4. The predicted octanol–water partition coefficient (Wildman–Crippen LogP) is 4.97. The summed E-state index contributed by atoms with van der Waals surface area (Å²) in [5.74, 6) is 0. The van der Waals surface area contributed by atoms with E-state index in [1.165, 1.54) is 0 Å². The summed E-state index contributed by atoms with van der Waals surface area (Å²) in [5, 5.41) is 4.39. The van der Waals surface area contributed by atoms with Crippen molar-refractivity contribution >= 4 is 0 Å². The quantitative estimate of drug-likeness (QED) is 0.645. The molecule has 0 radical (unpaired) electrons. The molecule has 1 aromatic carbocycles. The van der Waals surface area contributed by atoms with Crippen LogP contribution >= 0.6 is 0 Å². The molecule has 0 fully saturated rings. The first-order valence-electron chi connectivity index (χ1n) is 8.33. The molecule has 0 aliphatic carbocycles. The van der Waals surface area contributed by atoms with Gasteiger partial charge in [-0.2, -0.15) is 18.3 Å². The molecule has 7 heteroatoms. The summed E-state index contributed by atoms with van der Waals surface area (Å²) < 4.78 is 38.3. The van der Waals surface area contributed by atoms with Crippen molar-refractivity contribution in [3.63, 3.8) is 0 Å². The van der Waals surface area contributed by atoms with Crippen molar-refractivity contribution in [3.05, 3.63) is 54.1 Å². The smallest absolute Gasteiger partial charge is 0.272 e.